The zero-order valence-electron chi connectivity index (χ0n) is 71.9. The van der Waals surface area contributed by atoms with Crippen LogP contribution in [0.2, 0.25) is 0 Å². The van der Waals surface area contributed by atoms with Gasteiger partial charge in [-0.2, -0.15) is 0 Å². The summed E-state index contributed by atoms with van der Waals surface area (Å²) in [5.74, 6) is 5.20. The molecule has 0 N–H and O–H groups in total. The van der Waals surface area contributed by atoms with Gasteiger partial charge >= 0.3 is 0 Å². The molecular weight excluding hydrogens is 1520 g/mol. The van der Waals surface area contributed by atoms with Gasteiger partial charge in [-0.15, -0.1) is 102 Å². The van der Waals surface area contributed by atoms with Crippen LogP contribution < -0.4 is 0 Å². The average Bonchev–Trinajstić information content (AvgIpc) is 1.68. The number of aryl methyl sites for hydroxylation is 7. The van der Waals surface area contributed by atoms with Crippen molar-refractivity contribution >= 4 is 135 Å². The van der Waals surface area contributed by atoms with Crippen LogP contribution in [0.15, 0.2) is 77.8 Å². The molecule has 0 spiro atoms. The molecule has 0 saturated carbocycles. The van der Waals surface area contributed by atoms with E-state index in [2.05, 4.69) is 240 Å². The lowest BCUT2D eigenvalue weighted by Crippen LogP contribution is -1.99. The summed E-state index contributed by atoms with van der Waals surface area (Å²) in [4.78, 5) is 91.3. The number of benzene rings is 2. The van der Waals surface area contributed by atoms with E-state index in [0.29, 0.717) is 90.3 Å². The summed E-state index contributed by atoms with van der Waals surface area (Å²) in [5.41, 5.74) is 8.02. The van der Waals surface area contributed by atoms with Gasteiger partial charge in [0.2, 0.25) is 0 Å². The number of thiazole rings is 9. The Morgan fingerprint density at radius 1 is 0.349 bits per heavy atom. The summed E-state index contributed by atoms with van der Waals surface area (Å²) in [6, 6.07) is 18.7. The minimum Gasteiger partial charge on any atom is -0.293 e. The van der Waals surface area contributed by atoms with E-state index in [0.717, 1.165) is 57.3 Å². The molecule has 0 fully saturated rings. The summed E-state index contributed by atoms with van der Waals surface area (Å²) >= 11 is 15.2. The Morgan fingerprint density at radius 3 is 1.16 bits per heavy atom. The van der Waals surface area contributed by atoms with Crippen LogP contribution in [-0.2, 0) is 0 Å². The van der Waals surface area contributed by atoms with Crippen LogP contribution in [-0.4, -0.2) is 68.0 Å². The fourth-order valence-electron chi connectivity index (χ4n) is 8.58. The number of aromatic nitrogens is 9. The van der Waals surface area contributed by atoms with Gasteiger partial charge < -0.3 is 0 Å². The highest BCUT2D eigenvalue weighted by atomic mass is 32.1. The Bertz CT molecular complexity index is 4130. The largest absolute Gasteiger partial charge is 0.293 e. The monoisotopic (exact) mass is 1650 g/mol. The maximum Gasteiger partial charge on any atom is 0.182 e. The molecule has 9 aromatic heterocycles. The summed E-state index contributed by atoms with van der Waals surface area (Å²) < 4.78 is 1.29. The number of fused-ring (bicyclic) bond motifs is 1. The minimum absolute atomic E-state index is 0.137. The van der Waals surface area contributed by atoms with Crippen molar-refractivity contribution in [2.24, 2.45) is 0 Å². The predicted octanol–water partition coefficient (Wildman–Crippen LogP) is 29.8. The molecule has 0 aliphatic rings. The lowest BCUT2D eigenvalue weighted by atomic mass is 10.1. The lowest BCUT2D eigenvalue weighted by molar-refractivity contribution is 0.0975. The molecule has 109 heavy (non-hydrogen) atoms. The Morgan fingerprint density at radius 2 is 0.771 bits per heavy atom. The van der Waals surface area contributed by atoms with Crippen LogP contribution in [0.25, 0.3) is 21.5 Å². The van der Waals surface area contributed by atoms with Gasteiger partial charge in [-0.25, -0.2) is 44.9 Å². The van der Waals surface area contributed by atoms with E-state index >= 15 is 0 Å². The maximum absolute atomic E-state index is 11.4. The smallest absolute Gasteiger partial charge is 0.182 e. The molecule has 0 unspecified atom stereocenters. The number of carbonyl (C=O) groups excluding carboxylic acids is 4. The Labute approximate surface area is 692 Å². The third kappa shape index (κ3) is 35.7. The van der Waals surface area contributed by atoms with Crippen LogP contribution in [0.5, 0.6) is 0 Å². The summed E-state index contributed by atoms with van der Waals surface area (Å²) in [7, 11) is 0. The Balaban J connectivity index is 0.000000612. The second-order valence-electron chi connectivity index (χ2n) is 27.7. The molecule has 0 aliphatic carbocycles. The van der Waals surface area contributed by atoms with Crippen LogP contribution in [0.4, 0.5) is 0 Å². The van der Waals surface area contributed by atoms with Crippen LogP contribution in [0.1, 0.15) is 381 Å². The fourth-order valence-corrected chi connectivity index (χ4v) is 16.8. The van der Waals surface area contributed by atoms with Gasteiger partial charge in [0.15, 0.2) is 23.1 Å². The van der Waals surface area contributed by atoms with Gasteiger partial charge in [0, 0.05) is 133 Å². The number of carbonyl (C=O) groups is 4. The van der Waals surface area contributed by atoms with Gasteiger partial charge in [-0.3, -0.25) is 19.2 Å². The Kier molecular flexibility index (Phi) is 49.3. The van der Waals surface area contributed by atoms with E-state index in [1.54, 1.807) is 74.2 Å². The fraction of sp³-hybridized carbons (Fsp3) is 0.529. The van der Waals surface area contributed by atoms with E-state index in [1.165, 1.54) is 78.3 Å². The van der Waals surface area contributed by atoms with Crippen molar-refractivity contribution in [2.75, 3.05) is 0 Å². The minimum atomic E-state index is 0.137. The van der Waals surface area contributed by atoms with Gasteiger partial charge in [0.05, 0.1) is 82.1 Å². The maximum atomic E-state index is 11.4. The highest BCUT2D eigenvalue weighted by Crippen LogP contribution is 2.33. The molecule has 0 bridgehead atoms. The molecule has 9 heterocycles. The van der Waals surface area contributed by atoms with Crippen molar-refractivity contribution < 1.29 is 19.2 Å². The van der Waals surface area contributed by atoms with Gasteiger partial charge in [0.1, 0.15) is 11.4 Å². The van der Waals surface area contributed by atoms with Crippen molar-refractivity contribution in [3.63, 3.8) is 0 Å². The molecular formula is C87H129N9O4S9. The Hall–Kier alpha value is -5.95. The normalized spacial score (nSPS) is 10.6. The molecule has 0 amide bonds. The van der Waals surface area contributed by atoms with E-state index in [9.17, 15) is 19.2 Å². The van der Waals surface area contributed by atoms with Crippen LogP contribution in [0.3, 0.4) is 0 Å². The lowest BCUT2D eigenvalue weighted by Gasteiger charge is -1.98. The molecule has 600 valence electrons. The molecule has 0 saturated heterocycles. The molecule has 0 aliphatic heterocycles. The van der Waals surface area contributed by atoms with Crippen molar-refractivity contribution in [3.8, 4) is 11.3 Å². The molecule has 11 aromatic rings. The number of para-hydroxylation sites is 1. The summed E-state index contributed by atoms with van der Waals surface area (Å²) in [6.07, 6.45) is 5.84. The van der Waals surface area contributed by atoms with E-state index < -0.39 is 0 Å². The van der Waals surface area contributed by atoms with Crippen LogP contribution >= 0.6 is 102 Å². The van der Waals surface area contributed by atoms with E-state index in [-0.39, 0.29) is 23.1 Å². The molecule has 22 heteroatoms. The number of ketones is 4. The quantitative estimate of drug-likeness (QED) is 0.0740. The molecule has 0 atom stereocenters. The third-order valence-corrected chi connectivity index (χ3v) is 26.7. The SMILES string of the molecule is CC.CC.CC(C)c1nc2ccccc2s1.CCC(=O)c1cnc(C(C)C)s1.CCC(=O)c1csc(C(C)C)n1.CCC(=O)c1nc(C(C)C)sc1C.CCC(=O)c1sc(C(C)C)nc1C.Cc1cnc(C(C)C)s1.Cc1csc(C(C)C)n1.Cc1nc(C(C)C)sc1C.Cc1sc(C(C)C)nc1-c1ccccc1. The second kappa shape index (κ2) is 53.1. The first-order chi connectivity index (χ1) is 51.4. The van der Waals surface area contributed by atoms with E-state index in [4.69, 9.17) is 4.98 Å². The topological polar surface area (TPSA) is 184 Å². The first-order valence-electron chi connectivity index (χ1n) is 38.5. The zero-order chi connectivity index (χ0) is 83.1. The van der Waals surface area contributed by atoms with Crippen molar-refractivity contribution in [3.05, 3.63) is 181 Å². The van der Waals surface area contributed by atoms with Gasteiger partial charge in [-0.05, 0) is 60.6 Å². The van der Waals surface area contributed by atoms with Gasteiger partial charge in [-0.1, -0.05) is 222 Å². The van der Waals surface area contributed by atoms with Gasteiger partial charge in [0.25, 0.3) is 0 Å². The predicted molar refractivity (Wildman–Crippen MR) is 483 cm³/mol. The third-order valence-electron chi connectivity index (χ3n) is 15.0. The number of rotatable bonds is 18. The van der Waals surface area contributed by atoms with Crippen molar-refractivity contribution in [1.29, 1.82) is 0 Å². The molecule has 0 radical (unpaired) electrons. The number of nitrogens with zero attached hydrogens (tertiary/aromatic N) is 9. The summed E-state index contributed by atoms with van der Waals surface area (Å²) in [6.45, 7) is 68.3. The highest BCUT2D eigenvalue weighted by Gasteiger charge is 2.18. The zero-order valence-corrected chi connectivity index (χ0v) is 79.2. The van der Waals surface area contributed by atoms with Crippen molar-refractivity contribution in [1.82, 2.24) is 44.9 Å². The first kappa shape index (κ1) is 101. The second-order valence-corrected chi connectivity index (χ2v) is 37.6. The molecule has 13 nitrogen and oxygen atoms in total. The van der Waals surface area contributed by atoms with Crippen molar-refractivity contribution in [2.45, 2.75) is 307 Å². The standard InChI is InChI=1S/C13H15NS.2C10H15NOS.C10H11NS.2C9H13NOS.C8H13NS.2C7H11NS.2C2H6/c1-9(2)13-14-12(10(3)15-13)11-7-5-4-6-8-11;1-5-8(12)9-7(4)13-10(11-9)6(2)3;1-5-8(12)9-7(4)11-10(13-9)6(2)3;1-7(2)10-11-8-5-3-4-6-9(8)12-10;1-4-8(11)7-5-12-9(10-7)6(2)3;1-4-7(11)8-5-10-9(12-8)6(2)3;1-5(2)8-9-6(3)7(4)10-8;1-5(2)7-8-6(3)4-9-7;1-5(2)7-8-4-6(3)9-7;2*1-2/h4-9H,1-3H3;2*6H,5H2,1-4H3;3-7H,1-2H3;2*5-6H,4H2,1-3H3;5H,1-4H3;2*4-5H,1-3H3;2*1-2H3. The number of hydrogen-bond donors (Lipinski definition) is 0. The number of hydrogen-bond acceptors (Lipinski definition) is 22. The molecule has 11 rings (SSSR count). The first-order valence-corrected chi connectivity index (χ1v) is 46.0. The summed E-state index contributed by atoms with van der Waals surface area (Å²) in [5, 5.41) is 14.4. The average molecular weight is 1650 g/mol. The highest BCUT2D eigenvalue weighted by molar-refractivity contribution is 7.18. The molecule has 2 aromatic carbocycles. The van der Waals surface area contributed by atoms with E-state index in [1.807, 2.05) is 111 Å². The number of Topliss-reactive ketones (excluding diaryl/α,β-unsaturated/α-hetero) is 4. The van der Waals surface area contributed by atoms with Crippen LogP contribution in [0, 0.1) is 48.5 Å².